The van der Waals surface area contributed by atoms with Crippen molar-refractivity contribution < 1.29 is 14.3 Å². The highest BCUT2D eigenvalue weighted by atomic mass is 16.5. The molecule has 22 heavy (non-hydrogen) atoms. The molecular formula is C16H21N3O3. The van der Waals surface area contributed by atoms with Crippen molar-refractivity contribution in [2.45, 2.75) is 26.3 Å². The maximum absolute atomic E-state index is 12.2. The Morgan fingerprint density at radius 3 is 2.50 bits per heavy atom. The third kappa shape index (κ3) is 5.83. The van der Waals surface area contributed by atoms with Gasteiger partial charge in [0, 0.05) is 13.5 Å². The number of ether oxygens (including phenoxy) is 1. The summed E-state index contributed by atoms with van der Waals surface area (Å²) in [6.07, 6.45) is 1.38. The van der Waals surface area contributed by atoms with Crippen molar-refractivity contribution in [3.05, 3.63) is 35.9 Å². The number of nitrogens with one attached hydrogen (secondary N) is 1. The van der Waals surface area contributed by atoms with E-state index in [0.717, 1.165) is 10.5 Å². The van der Waals surface area contributed by atoms with Gasteiger partial charge in [-0.1, -0.05) is 44.2 Å². The molecule has 0 spiro atoms. The highest BCUT2D eigenvalue weighted by Gasteiger charge is 2.25. The molecule has 6 nitrogen and oxygen atoms in total. The first-order valence-electron chi connectivity index (χ1n) is 7.08. The summed E-state index contributed by atoms with van der Waals surface area (Å²) in [5.74, 6) is -0.274. The molecule has 1 atom stereocenters. The van der Waals surface area contributed by atoms with E-state index < -0.39 is 18.0 Å². The van der Waals surface area contributed by atoms with Crippen LogP contribution >= 0.6 is 0 Å². The lowest BCUT2D eigenvalue weighted by Gasteiger charge is -2.20. The molecule has 0 bridgehead atoms. The second-order valence-electron chi connectivity index (χ2n) is 5.38. The Balaban J connectivity index is 2.76. The summed E-state index contributed by atoms with van der Waals surface area (Å²) in [7, 11) is 1.36. The number of likely N-dealkylation sites (N-methyl/N-ethyl adjacent to an activating group) is 1. The van der Waals surface area contributed by atoms with Gasteiger partial charge in [-0.3, -0.25) is 9.69 Å². The van der Waals surface area contributed by atoms with Gasteiger partial charge in [0.15, 0.2) is 6.19 Å². The lowest BCUT2D eigenvalue weighted by molar-refractivity contribution is -0.129. The van der Waals surface area contributed by atoms with Crippen molar-refractivity contribution in [2.24, 2.45) is 5.92 Å². The number of hydrogen-bond donors (Lipinski definition) is 1. The first-order chi connectivity index (χ1) is 10.4. The summed E-state index contributed by atoms with van der Waals surface area (Å²) in [5, 5.41) is 11.4. The summed E-state index contributed by atoms with van der Waals surface area (Å²) in [6, 6.07) is 8.43. The number of carbonyl (C=O) groups excluding carboxylic acids is 2. The van der Waals surface area contributed by atoms with Crippen LogP contribution in [0.3, 0.4) is 0 Å². The van der Waals surface area contributed by atoms with E-state index in [2.05, 4.69) is 5.32 Å². The van der Waals surface area contributed by atoms with Crippen LogP contribution in [-0.4, -0.2) is 36.6 Å². The van der Waals surface area contributed by atoms with Crippen LogP contribution in [0, 0.1) is 17.4 Å². The molecule has 0 aliphatic heterocycles. The predicted octanol–water partition coefficient (Wildman–Crippen LogP) is 1.92. The Labute approximate surface area is 130 Å². The van der Waals surface area contributed by atoms with Crippen molar-refractivity contribution >= 4 is 12.0 Å². The summed E-state index contributed by atoms with van der Waals surface area (Å²) in [4.78, 5) is 24.9. The first kappa shape index (κ1) is 17.5. The molecule has 0 saturated carbocycles. The van der Waals surface area contributed by atoms with Crippen LogP contribution < -0.4 is 5.32 Å². The second kappa shape index (κ2) is 8.67. The highest BCUT2D eigenvalue weighted by molar-refractivity contribution is 5.86. The van der Waals surface area contributed by atoms with Crippen LogP contribution in [0.5, 0.6) is 0 Å². The van der Waals surface area contributed by atoms with Crippen molar-refractivity contribution in [2.75, 3.05) is 13.7 Å². The molecule has 0 aromatic heterocycles. The minimum atomic E-state index is -0.841. The zero-order valence-corrected chi connectivity index (χ0v) is 13.1. The van der Waals surface area contributed by atoms with Gasteiger partial charge in [0.1, 0.15) is 6.04 Å². The van der Waals surface area contributed by atoms with Crippen molar-refractivity contribution in [3.8, 4) is 6.19 Å². The van der Waals surface area contributed by atoms with Gasteiger partial charge in [-0.05, 0) is 11.5 Å². The fourth-order valence-electron chi connectivity index (χ4n) is 1.76. The lowest BCUT2D eigenvalue weighted by atomic mass is 10.1. The third-order valence-corrected chi connectivity index (χ3v) is 2.90. The zero-order chi connectivity index (χ0) is 16.5. The molecule has 6 heteroatoms. The smallest absolute Gasteiger partial charge is 0.407 e. The third-order valence-electron chi connectivity index (χ3n) is 2.90. The minimum absolute atomic E-state index is 0.204. The van der Waals surface area contributed by atoms with Gasteiger partial charge in [-0.25, -0.2) is 4.79 Å². The van der Waals surface area contributed by atoms with Crippen LogP contribution in [0.4, 0.5) is 4.79 Å². The van der Waals surface area contributed by atoms with E-state index in [1.54, 1.807) is 6.19 Å². The maximum atomic E-state index is 12.2. The molecule has 0 radical (unpaired) electrons. The Morgan fingerprint density at radius 1 is 1.32 bits per heavy atom. The molecule has 0 heterocycles. The number of amides is 2. The quantitative estimate of drug-likeness (QED) is 0.643. The van der Waals surface area contributed by atoms with Crippen LogP contribution in [-0.2, 0) is 16.0 Å². The largest absolute Gasteiger partial charge is 0.449 e. The number of nitriles is 1. The van der Waals surface area contributed by atoms with Gasteiger partial charge in [-0.2, -0.15) is 5.26 Å². The van der Waals surface area contributed by atoms with Crippen LogP contribution in [0.25, 0.3) is 0 Å². The monoisotopic (exact) mass is 303 g/mol. The average molecular weight is 303 g/mol. The number of rotatable bonds is 6. The van der Waals surface area contributed by atoms with Gasteiger partial charge in [0.05, 0.1) is 6.61 Å². The van der Waals surface area contributed by atoms with E-state index >= 15 is 0 Å². The molecule has 118 valence electrons. The average Bonchev–Trinajstić information content (AvgIpc) is 2.51. The molecule has 2 amide bonds. The van der Waals surface area contributed by atoms with E-state index in [-0.39, 0.29) is 12.5 Å². The SMILES string of the molecule is CC(C)COC(=O)NC(Cc1ccccc1)C(=O)N(C)C#N. The van der Waals surface area contributed by atoms with Crippen molar-refractivity contribution in [1.82, 2.24) is 10.2 Å². The molecule has 1 rings (SSSR count). The Kier molecular flexibility index (Phi) is 6.90. The Hall–Kier alpha value is -2.55. The van der Waals surface area contributed by atoms with E-state index in [0.29, 0.717) is 6.42 Å². The number of hydrogen-bond acceptors (Lipinski definition) is 4. The van der Waals surface area contributed by atoms with Gasteiger partial charge in [-0.15, -0.1) is 0 Å². The molecule has 0 fully saturated rings. The van der Waals surface area contributed by atoms with Crippen molar-refractivity contribution in [3.63, 3.8) is 0 Å². The second-order valence-corrected chi connectivity index (χ2v) is 5.38. The Bertz CT molecular complexity index is 537. The minimum Gasteiger partial charge on any atom is -0.449 e. The summed E-state index contributed by atoms with van der Waals surface area (Å²) in [6.45, 7) is 4.11. The maximum Gasteiger partial charge on any atom is 0.407 e. The summed E-state index contributed by atoms with van der Waals surface area (Å²) < 4.78 is 5.03. The van der Waals surface area contributed by atoms with Crippen LogP contribution in [0.2, 0.25) is 0 Å². The zero-order valence-electron chi connectivity index (χ0n) is 13.1. The number of nitrogens with zero attached hydrogens (tertiary/aromatic N) is 2. The van der Waals surface area contributed by atoms with Gasteiger partial charge in [0.25, 0.3) is 5.91 Å². The standard InChI is InChI=1S/C16H21N3O3/c1-12(2)10-22-16(21)18-14(15(20)19(3)11-17)9-13-7-5-4-6-8-13/h4-8,12,14H,9-10H2,1-3H3,(H,18,21). The fraction of sp³-hybridized carbons (Fsp3) is 0.438. The normalized spacial score (nSPS) is 11.4. The molecule has 1 unspecified atom stereocenters. The topological polar surface area (TPSA) is 82.4 Å². The predicted molar refractivity (Wildman–Crippen MR) is 81.6 cm³/mol. The van der Waals surface area contributed by atoms with Crippen LogP contribution in [0.1, 0.15) is 19.4 Å². The van der Waals surface area contributed by atoms with Crippen molar-refractivity contribution in [1.29, 1.82) is 5.26 Å². The van der Waals surface area contributed by atoms with Gasteiger partial charge in [0.2, 0.25) is 0 Å². The number of carbonyl (C=O) groups is 2. The molecule has 0 saturated heterocycles. The summed E-state index contributed by atoms with van der Waals surface area (Å²) in [5.41, 5.74) is 0.886. The number of alkyl carbamates (subject to hydrolysis) is 1. The van der Waals surface area contributed by atoms with E-state index in [9.17, 15) is 9.59 Å². The molecule has 1 N–H and O–H groups in total. The van der Waals surface area contributed by atoms with E-state index in [1.165, 1.54) is 7.05 Å². The molecule has 0 aliphatic rings. The van der Waals surface area contributed by atoms with Crippen LogP contribution in [0.15, 0.2) is 30.3 Å². The molecule has 1 aromatic rings. The molecular weight excluding hydrogens is 282 g/mol. The first-order valence-corrected chi connectivity index (χ1v) is 7.08. The number of benzene rings is 1. The lowest BCUT2D eigenvalue weighted by Crippen LogP contribution is -2.47. The molecule has 1 aromatic carbocycles. The fourth-order valence-corrected chi connectivity index (χ4v) is 1.76. The van der Waals surface area contributed by atoms with Gasteiger partial charge >= 0.3 is 6.09 Å². The van der Waals surface area contributed by atoms with E-state index in [1.807, 2.05) is 44.2 Å². The van der Waals surface area contributed by atoms with Gasteiger partial charge < -0.3 is 10.1 Å². The molecule has 0 aliphatic carbocycles. The van der Waals surface area contributed by atoms with E-state index in [4.69, 9.17) is 10.00 Å². The Morgan fingerprint density at radius 2 is 1.95 bits per heavy atom. The summed E-state index contributed by atoms with van der Waals surface area (Å²) >= 11 is 0. The highest BCUT2D eigenvalue weighted by Crippen LogP contribution is 2.06.